The molecule has 1 unspecified atom stereocenters. The molecule has 0 saturated carbocycles. The number of ether oxygens (including phenoxy) is 1. The second-order valence-electron chi connectivity index (χ2n) is 5.20. The van der Waals surface area contributed by atoms with Crippen molar-refractivity contribution in [1.82, 2.24) is 19.3 Å². The number of aryl methyl sites for hydroxylation is 1. The molecule has 3 heterocycles. The van der Waals surface area contributed by atoms with Gasteiger partial charge in [0.1, 0.15) is 16.7 Å². The Morgan fingerprint density at radius 2 is 2.17 bits per heavy atom. The number of carbonyl (C=O) groups excluding carboxylic acids is 1. The SMILES string of the molecule is Cn1cc(C(=O)Nc2nnc(C3CCCO3)s2)c(=O)n(C)c1=O. The van der Waals surface area contributed by atoms with Gasteiger partial charge in [-0.3, -0.25) is 19.5 Å². The Bertz CT molecular complexity index is 862. The fourth-order valence-electron chi connectivity index (χ4n) is 2.32. The number of anilines is 1. The Balaban J connectivity index is 1.82. The summed E-state index contributed by atoms with van der Waals surface area (Å²) in [6.07, 6.45) is 2.98. The highest BCUT2D eigenvalue weighted by Gasteiger charge is 2.23. The van der Waals surface area contributed by atoms with Gasteiger partial charge in [-0.15, -0.1) is 10.2 Å². The summed E-state index contributed by atoms with van der Waals surface area (Å²) in [5.41, 5.74) is -1.29. The Labute approximate surface area is 134 Å². The van der Waals surface area contributed by atoms with E-state index in [1.807, 2.05) is 0 Å². The van der Waals surface area contributed by atoms with Gasteiger partial charge < -0.3 is 9.30 Å². The van der Waals surface area contributed by atoms with Crippen LogP contribution in [0.15, 0.2) is 15.8 Å². The van der Waals surface area contributed by atoms with E-state index in [0.717, 1.165) is 17.4 Å². The zero-order valence-electron chi connectivity index (χ0n) is 12.6. The molecule has 1 N–H and O–H groups in total. The van der Waals surface area contributed by atoms with Crippen molar-refractivity contribution in [1.29, 1.82) is 0 Å². The van der Waals surface area contributed by atoms with E-state index in [1.165, 1.54) is 36.2 Å². The summed E-state index contributed by atoms with van der Waals surface area (Å²) in [4.78, 5) is 35.9. The maximum absolute atomic E-state index is 12.2. The van der Waals surface area contributed by atoms with Gasteiger partial charge in [0.15, 0.2) is 0 Å². The number of hydrogen-bond acceptors (Lipinski definition) is 7. The van der Waals surface area contributed by atoms with Crippen molar-refractivity contribution in [3.63, 3.8) is 0 Å². The Hall–Kier alpha value is -2.33. The van der Waals surface area contributed by atoms with Crippen LogP contribution < -0.4 is 16.6 Å². The van der Waals surface area contributed by atoms with Gasteiger partial charge in [-0.2, -0.15) is 0 Å². The van der Waals surface area contributed by atoms with E-state index in [9.17, 15) is 14.4 Å². The minimum Gasteiger partial charge on any atom is -0.371 e. The summed E-state index contributed by atoms with van der Waals surface area (Å²) in [7, 11) is 2.79. The van der Waals surface area contributed by atoms with E-state index < -0.39 is 17.2 Å². The number of nitrogens with zero attached hydrogens (tertiary/aromatic N) is 4. The number of amides is 1. The molecular formula is C13H15N5O4S. The third kappa shape index (κ3) is 2.94. The molecule has 1 amide bonds. The van der Waals surface area contributed by atoms with Crippen LogP contribution in [0, 0.1) is 0 Å². The van der Waals surface area contributed by atoms with Crippen molar-refractivity contribution in [3.05, 3.63) is 37.6 Å². The zero-order chi connectivity index (χ0) is 16.6. The normalized spacial score (nSPS) is 17.4. The minimum absolute atomic E-state index is 0.0800. The second-order valence-corrected chi connectivity index (χ2v) is 6.21. The quantitative estimate of drug-likeness (QED) is 0.847. The molecule has 2 aromatic rings. The molecule has 0 aliphatic carbocycles. The van der Waals surface area contributed by atoms with Crippen molar-refractivity contribution in [2.75, 3.05) is 11.9 Å². The van der Waals surface area contributed by atoms with Gasteiger partial charge in [-0.05, 0) is 12.8 Å². The first-order valence-electron chi connectivity index (χ1n) is 7.00. The molecule has 0 spiro atoms. The van der Waals surface area contributed by atoms with Crippen molar-refractivity contribution in [2.24, 2.45) is 14.1 Å². The van der Waals surface area contributed by atoms with Crippen LogP contribution >= 0.6 is 11.3 Å². The summed E-state index contributed by atoms with van der Waals surface area (Å²) in [6.45, 7) is 0.694. The minimum atomic E-state index is -0.658. The van der Waals surface area contributed by atoms with Crippen LogP contribution in [0.4, 0.5) is 5.13 Å². The van der Waals surface area contributed by atoms with Crippen molar-refractivity contribution >= 4 is 22.4 Å². The molecule has 23 heavy (non-hydrogen) atoms. The third-order valence-corrected chi connectivity index (χ3v) is 4.49. The van der Waals surface area contributed by atoms with Crippen LogP contribution in [0.1, 0.15) is 34.3 Å². The molecule has 10 heteroatoms. The average Bonchev–Trinajstić information content (AvgIpc) is 3.19. The molecule has 1 aliphatic heterocycles. The Kier molecular flexibility index (Phi) is 4.09. The first kappa shape index (κ1) is 15.6. The van der Waals surface area contributed by atoms with Gasteiger partial charge in [0.05, 0.1) is 0 Å². The van der Waals surface area contributed by atoms with E-state index in [0.29, 0.717) is 11.6 Å². The van der Waals surface area contributed by atoms with E-state index in [2.05, 4.69) is 15.5 Å². The summed E-state index contributed by atoms with van der Waals surface area (Å²) in [6, 6.07) is 0. The lowest BCUT2D eigenvalue weighted by molar-refractivity contribution is 0.102. The van der Waals surface area contributed by atoms with E-state index in [-0.39, 0.29) is 16.8 Å². The van der Waals surface area contributed by atoms with Crippen LogP contribution in [-0.4, -0.2) is 31.8 Å². The van der Waals surface area contributed by atoms with Crippen molar-refractivity contribution in [3.8, 4) is 0 Å². The molecule has 9 nitrogen and oxygen atoms in total. The smallest absolute Gasteiger partial charge is 0.330 e. The molecule has 2 aromatic heterocycles. The number of nitrogens with one attached hydrogen (secondary N) is 1. The highest BCUT2D eigenvalue weighted by molar-refractivity contribution is 7.15. The highest BCUT2D eigenvalue weighted by atomic mass is 32.1. The summed E-state index contributed by atoms with van der Waals surface area (Å²) in [5, 5.41) is 11.4. The molecule has 1 aliphatic rings. The van der Waals surface area contributed by atoms with Gasteiger partial charge in [0.2, 0.25) is 5.13 Å². The van der Waals surface area contributed by atoms with Gasteiger partial charge in [0, 0.05) is 26.9 Å². The standard InChI is InChI=1S/C13H15N5O4S/c1-17-6-7(11(20)18(2)13(17)21)9(19)14-12-16-15-10(23-12)8-4-3-5-22-8/h6,8H,3-5H2,1-2H3,(H,14,16,19). The molecule has 3 rings (SSSR count). The molecule has 0 bridgehead atoms. The lowest BCUT2D eigenvalue weighted by atomic mass is 10.2. The van der Waals surface area contributed by atoms with E-state index in [1.54, 1.807) is 0 Å². The molecule has 1 saturated heterocycles. The summed E-state index contributed by atoms with van der Waals surface area (Å²) in [5.74, 6) is -0.628. The maximum Gasteiger partial charge on any atom is 0.330 e. The van der Waals surface area contributed by atoms with Crippen LogP contribution in [0.3, 0.4) is 0 Å². The van der Waals surface area contributed by atoms with Crippen LogP contribution in [-0.2, 0) is 18.8 Å². The average molecular weight is 337 g/mol. The van der Waals surface area contributed by atoms with Gasteiger partial charge in [-0.25, -0.2) is 4.79 Å². The molecule has 0 radical (unpaired) electrons. The molecule has 0 aromatic carbocycles. The molecule has 1 atom stereocenters. The van der Waals surface area contributed by atoms with Crippen LogP contribution in [0.25, 0.3) is 0 Å². The van der Waals surface area contributed by atoms with Crippen molar-refractivity contribution < 1.29 is 9.53 Å². The summed E-state index contributed by atoms with van der Waals surface area (Å²) < 4.78 is 7.57. The molecule has 1 fully saturated rings. The Morgan fingerprint density at radius 3 is 2.87 bits per heavy atom. The number of carbonyl (C=O) groups is 1. The third-order valence-electron chi connectivity index (χ3n) is 3.56. The van der Waals surface area contributed by atoms with Crippen LogP contribution in [0.5, 0.6) is 0 Å². The number of rotatable bonds is 3. The topological polar surface area (TPSA) is 108 Å². The molecule has 122 valence electrons. The Morgan fingerprint density at radius 1 is 1.39 bits per heavy atom. The largest absolute Gasteiger partial charge is 0.371 e. The first-order chi connectivity index (χ1) is 11.0. The predicted octanol–water partition coefficient (Wildman–Crippen LogP) is 0.0393. The van der Waals surface area contributed by atoms with Crippen LogP contribution in [0.2, 0.25) is 0 Å². The van der Waals surface area contributed by atoms with Gasteiger partial charge >= 0.3 is 5.69 Å². The fraction of sp³-hybridized carbons (Fsp3) is 0.462. The van der Waals surface area contributed by atoms with Gasteiger partial charge in [-0.1, -0.05) is 11.3 Å². The fourth-order valence-corrected chi connectivity index (χ4v) is 3.14. The maximum atomic E-state index is 12.2. The lowest BCUT2D eigenvalue weighted by Gasteiger charge is -2.06. The monoisotopic (exact) mass is 337 g/mol. The first-order valence-corrected chi connectivity index (χ1v) is 7.82. The lowest BCUT2D eigenvalue weighted by Crippen LogP contribution is -2.40. The summed E-state index contributed by atoms with van der Waals surface area (Å²) >= 11 is 1.21. The zero-order valence-corrected chi connectivity index (χ0v) is 13.4. The highest BCUT2D eigenvalue weighted by Crippen LogP contribution is 2.31. The van der Waals surface area contributed by atoms with E-state index >= 15 is 0 Å². The number of hydrogen-bond donors (Lipinski definition) is 1. The van der Waals surface area contributed by atoms with E-state index in [4.69, 9.17) is 4.74 Å². The molecular weight excluding hydrogens is 322 g/mol. The second kappa shape index (κ2) is 6.05. The van der Waals surface area contributed by atoms with Crippen molar-refractivity contribution in [2.45, 2.75) is 18.9 Å². The predicted molar refractivity (Wildman–Crippen MR) is 82.7 cm³/mol. The van der Waals surface area contributed by atoms with Gasteiger partial charge in [0.25, 0.3) is 11.5 Å². The number of aromatic nitrogens is 4.